The van der Waals surface area contributed by atoms with Gasteiger partial charge in [0, 0.05) is 18.0 Å². The highest BCUT2D eigenvalue weighted by Crippen LogP contribution is 2.27. The fraction of sp³-hybridized carbons (Fsp3) is 0.733. The third-order valence-corrected chi connectivity index (χ3v) is 3.91. The Morgan fingerprint density at radius 1 is 1.33 bits per heavy atom. The Balaban J connectivity index is 2.40. The highest BCUT2D eigenvalue weighted by Gasteiger charge is 2.25. The summed E-state index contributed by atoms with van der Waals surface area (Å²) in [6, 6.07) is 1.99. The lowest BCUT2D eigenvalue weighted by atomic mass is 9.95. The molecule has 1 aliphatic heterocycles. The predicted molar refractivity (Wildman–Crippen MR) is 85.2 cm³/mol. The molecule has 1 saturated heterocycles. The Morgan fingerprint density at radius 3 is 2.71 bits per heavy atom. The highest BCUT2D eigenvalue weighted by molar-refractivity contribution is 5.50. The van der Waals surface area contributed by atoms with Gasteiger partial charge in [-0.2, -0.15) is 0 Å². The standard InChI is InChI=1S/C15H27N5O/c1-15(2,3)14-17-12(19-16)9-13(18-14)20-8-6-4-5-7-11(20)10-21/h9,11,21H,4-8,10,16H2,1-3H3,(H,17,18,19). The van der Waals surface area contributed by atoms with Gasteiger partial charge in [0.25, 0.3) is 0 Å². The number of hydrazine groups is 1. The Kier molecular flexibility index (Phi) is 5.00. The normalized spacial score (nSPS) is 20.2. The van der Waals surface area contributed by atoms with Crippen molar-refractivity contribution in [2.75, 3.05) is 23.5 Å². The average Bonchev–Trinajstić information content (AvgIpc) is 2.70. The minimum Gasteiger partial charge on any atom is -0.394 e. The zero-order chi connectivity index (χ0) is 15.5. The number of aromatic nitrogens is 2. The molecule has 4 N–H and O–H groups in total. The van der Waals surface area contributed by atoms with Gasteiger partial charge in [0.15, 0.2) is 0 Å². The van der Waals surface area contributed by atoms with Crippen LogP contribution in [0.4, 0.5) is 11.6 Å². The Morgan fingerprint density at radius 2 is 2.10 bits per heavy atom. The third kappa shape index (κ3) is 3.83. The van der Waals surface area contributed by atoms with Crippen LogP contribution in [0.1, 0.15) is 52.3 Å². The number of aliphatic hydroxyl groups is 1. The zero-order valence-electron chi connectivity index (χ0n) is 13.3. The second kappa shape index (κ2) is 6.58. The van der Waals surface area contributed by atoms with Crippen LogP contribution in [0.2, 0.25) is 0 Å². The molecule has 1 atom stereocenters. The number of rotatable bonds is 3. The van der Waals surface area contributed by atoms with Gasteiger partial charge < -0.3 is 15.4 Å². The van der Waals surface area contributed by atoms with Crippen LogP contribution in [0.25, 0.3) is 0 Å². The van der Waals surface area contributed by atoms with Gasteiger partial charge in [-0.05, 0) is 12.8 Å². The fourth-order valence-electron chi connectivity index (χ4n) is 2.66. The Hall–Kier alpha value is -1.40. The number of anilines is 2. The molecule has 2 rings (SSSR count). The van der Waals surface area contributed by atoms with Crippen molar-refractivity contribution in [2.24, 2.45) is 5.84 Å². The van der Waals surface area contributed by atoms with E-state index in [4.69, 9.17) is 10.8 Å². The summed E-state index contributed by atoms with van der Waals surface area (Å²) in [4.78, 5) is 11.4. The van der Waals surface area contributed by atoms with E-state index >= 15 is 0 Å². The summed E-state index contributed by atoms with van der Waals surface area (Å²) >= 11 is 0. The monoisotopic (exact) mass is 293 g/mol. The molecule has 21 heavy (non-hydrogen) atoms. The van der Waals surface area contributed by atoms with Crippen LogP contribution in [0.3, 0.4) is 0 Å². The summed E-state index contributed by atoms with van der Waals surface area (Å²) in [6.45, 7) is 7.31. The lowest BCUT2D eigenvalue weighted by Gasteiger charge is -2.31. The van der Waals surface area contributed by atoms with Crippen molar-refractivity contribution < 1.29 is 5.11 Å². The number of nitrogen functional groups attached to an aromatic ring is 1. The molecule has 1 aromatic heterocycles. The van der Waals surface area contributed by atoms with Crippen LogP contribution in [0.5, 0.6) is 0 Å². The van der Waals surface area contributed by atoms with E-state index in [9.17, 15) is 5.11 Å². The molecular formula is C15H27N5O. The van der Waals surface area contributed by atoms with E-state index in [1.807, 2.05) is 6.07 Å². The predicted octanol–water partition coefficient (Wildman–Crippen LogP) is 1.80. The SMILES string of the molecule is CC(C)(C)c1nc(NN)cc(N2CCCCCC2CO)n1. The summed E-state index contributed by atoms with van der Waals surface area (Å²) in [7, 11) is 0. The third-order valence-electron chi connectivity index (χ3n) is 3.91. The molecule has 1 aliphatic rings. The van der Waals surface area contributed by atoms with E-state index < -0.39 is 0 Å². The number of aliphatic hydroxyl groups excluding tert-OH is 1. The molecule has 0 spiro atoms. The van der Waals surface area contributed by atoms with Gasteiger partial charge in [0.1, 0.15) is 17.5 Å². The van der Waals surface area contributed by atoms with Crippen molar-refractivity contribution in [3.63, 3.8) is 0 Å². The first kappa shape index (κ1) is 16.0. The van der Waals surface area contributed by atoms with E-state index in [2.05, 4.69) is 36.1 Å². The summed E-state index contributed by atoms with van der Waals surface area (Å²) in [6.07, 6.45) is 4.47. The van der Waals surface area contributed by atoms with Gasteiger partial charge in [-0.1, -0.05) is 33.6 Å². The summed E-state index contributed by atoms with van der Waals surface area (Å²) < 4.78 is 0. The molecule has 1 unspecified atom stereocenters. The largest absolute Gasteiger partial charge is 0.394 e. The first-order valence-electron chi connectivity index (χ1n) is 7.69. The highest BCUT2D eigenvalue weighted by atomic mass is 16.3. The van der Waals surface area contributed by atoms with Gasteiger partial charge in [0.2, 0.25) is 0 Å². The van der Waals surface area contributed by atoms with E-state index in [1.54, 1.807) is 0 Å². The first-order valence-corrected chi connectivity index (χ1v) is 7.69. The van der Waals surface area contributed by atoms with Crippen molar-refractivity contribution in [1.29, 1.82) is 0 Å². The van der Waals surface area contributed by atoms with Crippen LogP contribution < -0.4 is 16.2 Å². The van der Waals surface area contributed by atoms with Crippen molar-refractivity contribution in [2.45, 2.75) is 57.9 Å². The van der Waals surface area contributed by atoms with Crippen molar-refractivity contribution in [3.05, 3.63) is 11.9 Å². The molecule has 0 saturated carbocycles. The minimum atomic E-state index is -0.151. The van der Waals surface area contributed by atoms with E-state index in [1.165, 1.54) is 6.42 Å². The second-order valence-corrected chi connectivity index (χ2v) is 6.71. The Bertz CT molecular complexity index is 472. The molecule has 0 aromatic carbocycles. The molecule has 6 nitrogen and oxygen atoms in total. The van der Waals surface area contributed by atoms with Crippen LogP contribution in [0.15, 0.2) is 6.07 Å². The maximum absolute atomic E-state index is 9.68. The average molecular weight is 293 g/mol. The number of nitrogens with one attached hydrogen (secondary N) is 1. The minimum absolute atomic E-state index is 0.126. The zero-order valence-corrected chi connectivity index (χ0v) is 13.3. The second-order valence-electron chi connectivity index (χ2n) is 6.71. The quantitative estimate of drug-likeness (QED) is 0.582. The van der Waals surface area contributed by atoms with E-state index in [0.717, 1.165) is 37.4 Å². The summed E-state index contributed by atoms with van der Waals surface area (Å²) in [5.74, 6) is 7.78. The number of nitrogens with zero attached hydrogens (tertiary/aromatic N) is 3. The smallest absolute Gasteiger partial charge is 0.145 e. The maximum Gasteiger partial charge on any atom is 0.145 e. The molecule has 0 radical (unpaired) electrons. The van der Waals surface area contributed by atoms with Crippen molar-refractivity contribution in [1.82, 2.24) is 9.97 Å². The van der Waals surface area contributed by atoms with Crippen LogP contribution in [-0.4, -0.2) is 34.3 Å². The maximum atomic E-state index is 9.68. The van der Waals surface area contributed by atoms with Gasteiger partial charge >= 0.3 is 0 Å². The van der Waals surface area contributed by atoms with Gasteiger partial charge in [-0.25, -0.2) is 15.8 Å². The molecule has 1 aromatic rings. The molecular weight excluding hydrogens is 266 g/mol. The van der Waals surface area contributed by atoms with E-state index in [0.29, 0.717) is 5.82 Å². The molecule has 6 heteroatoms. The number of hydrogen-bond donors (Lipinski definition) is 3. The fourth-order valence-corrected chi connectivity index (χ4v) is 2.66. The van der Waals surface area contributed by atoms with Gasteiger partial charge in [-0.3, -0.25) is 0 Å². The lowest BCUT2D eigenvalue weighted by Crippen LogP contribution is -2.38. The van der Waals surface area contributed by atoms with Crippen molar-refractivity contribution >= 4 is 11.6 Å². The summed E-state index contributed by atoms with van der Waals surface area (Å²) in [5, 5.41) is 9.68. The topological polar surface area (TPSA) is 87.3 Å². The van der Waals surface area contributed by atoms with Crippen molar-refractivity contribution in [3.8, 4) is 0 Å². The van der Waals surface area contributed by atoms with Gasteiger partial charge in [-0.15, -0.1) is 0 Å². The molecule has 0 aliphatic carbocycles. The summed E-state index contributed by atoms with van der Waals surface area (Å²) in [5.41, 5.74) is 2.48. The number of nitrogens with two attached hydrogens (primary N) is 1. The first-order chi connectivity index (χ1) is 9.95. The molecule has 2 heterocycles. The molecule has 1 fully saturated rings. The number of hydrogen-bond acceptors (Lipinski definition) is 6. The van der Waals surface area contributed by atoms with E-state index in [-0.39, 0.29) is 18.1 Å². The van der Waals surface area contributed by atoms with Gasteiger partial charge in [0.05, 0.1) is 12.6 Å². The Labute approximate surface area is 126 Å². The molecule has 0 bridgehead atoms. The van der Waals surface area contributed by atoms with Crippen LogP contribution in [0, 0.1) is 0 Å². The van der Waals surface area contributed by atoms with Crippen LogP contribution in [-0.2, 0) is 5.41 Å². The molecule has 0 amide bonds. The van der Waals surface area contributed by atoms with Crippen LogP contribution >= 0.6 is 0 Å². The molecule has 118 valence electrons. The lowest BCUT2D eigenvalue weighted by molar-refractivity contribution is 0.254.